The summed E-state index contributed by atoms with van der Waals surface area (Å²) in [6.07, 6.45) is 1.15. The third kappa shape index (κ3) is 2.31. The molecule has 94 valence electrons. The Labute approximate surface area is 110 Å². The summed E-state index contributed by atoms with van der Waals surface area (Å²) in [6.45, 7) is 4.02. The lowest BCUT2D eigenvalue weighted by Crippen LogP contribution is -2.40. The second-order valence-corrected chi connectivity index (χ2v) is 5.65. The molecule has 2 heterocycles. The first-order valence-electron chi connectivity index (χ1n) is 6.13. The number of thiazole rings is 1. The first kappa shape index (κ1) is 11.8. The third-order valence-electron chi connectivity index (χ3n) is 3.39. The Bertz CT molecular complexity index is 535. The van der Waals surface area contributed by atoms with Crippen molar-refractivity contribution in [1.29, 1.82) is 0 Å². The number of halogens is 1. The zero-order chi connectivity index (χ0) is 12.5. The SMILES string of the molecule is Cc1csc(CN2CC[C@@H]2c2ccc(F)cc2)n1. The summed E-state index contributed by atoms with van der Waals surface area (Å²) in [4.78, 5) is 6.89. The summed E-state index contributed by atoms with van der Waals surface area (Å²) in [5, 5.41) is 3.25. The number of rotatable bonds is 3. The highest BCUT2D eigenvalue weighted by Crippen LogP contribution is 2.34. The van der Waals surface area contributed by atoms with Gasteiger partial charge in [-0.1, -0.05) is 12.1 Å². The normalized spacial score (nSPS) is 19.8. The van der Waals surface area contributed by atoms with Crippen molar-refractivity contribution in [3.05, 3.63) is 51.7 Å². The maximum absolute atomic E-state index is 12.9. The van der Waals surface area contributed by atoms with Crippen LogP contribution in [-0.2, 0) is 6.54 Å². The number of benzene rings is 1. The molecule has 1 saturated heterocycles. The van der Waals surface area contributed by atoms with E-state index < -0.39 is 0 Å². The van der Waals surface area contributed by atoms with Crippen LogP contribution in [0.4, 0.5) is 4.39 Å². The van der Waals surface area contributed by atoms with Crippen LogP contribution in [0.1, 0.15) is 28.7 Å². The van der Waals surface area contributed by atoms with Crippen molar-refractivity contribution in [1.82, 2.24) is 9.88 Å². The smallest absolute Gasteiger partial charge is 0.123 e. The van der Waals surface area contributed by atoms with E-state index in [2.05, 4.69) is 15.3 Å². The van der Waals surface area contributed by atoms with Crippen molar-refractivity contribution in [3.8, 4) is 0 Å². The Kier molecular flexibility index (Phi) is 3.14. The van der Waals surface area contributed by atoms with Crippen LogP contribution in [0.15, 0.2) is 29.6 Å². The van der Waals surface area contributed by atoms with Crippen molar-refractivity contribution in [2.45, 2.75) is 25.9 Å². The molecule has 2 aromatic rings. The van der Waals surface area contributed by atoms with Gasteiger partial charge in [-0.3, -0.25) is 4.90 Å². The molecule has 0 aliphatic carbocycles. The molecule has 0 saturated carbocycles. The average Bonchev–Trinajstić information content (AvgIpc) is 2.74. The zero-order valence-corrected chi connectivity index (χ0v) is 11.1. The van der Waals surface area contributed by atoms with E-state index in [4.69, 9.17) is 0 Å². The largest absolute Gasteiger partial charge is 0.290 e. The van der Waals surface area contributed by atoms with Crippen LogP contribution in [0.3, 0.4) is 0 Å². The molecule has 0 radical (unpaired) electrons. The Morgan fingerprint density at radius 3 is 2.72 bits per heavy atom. The summed E-state index contributed by atoms with van der Waals surface area (Å²) in [5.74, 6) is -0.167. The molecule has 2 nitrogen and oxygen atoms in total. The molecule has 1 aliphatic heterocycles. The Morgan fingerprint density at radius 1 is 1.39 bits per heavy atom. The van der Waals surface area contributed by atoms with Crippen LogP contribution in [0, 0.1) is 12.7 Å². The van der Waals surface area contributed by atoms with Crippen LogP contribution < -0.4 is 0 Å². The summed E-state index contributed by atoms with van der Waals surface area (Å²) >= 11 is 1.71. The molecule has 0 N–H and O–H groups in total. The second kappa shape index (κ2) is 4.78. The molecule has 3 rings (SSSR count). The van der Waals surface area contributed by atoms with Crippen molar-refractivity contribution < 1.29 is 4.39 Å². The van der Waals surface area contributed by atoms with Crippen LogP contribution in [-0.4, -0.2) is 16.4 Å². The average molecular weight is 262 g/mol. The van der Waals surface area contributed by atoms with Gasteiger partial charge in [-0.25, -0.2) is 9.37 Å². The van der Waals surface area contributed by atoms with Gasteiger partial charge in [-0.15, -0.1) is 11.3 Å². The highest BCUT2D eigenvalue weighted by molar-refractivity contribution is 7.09. The maximum Gasteiger partial charge on any atom is 0.123 e. The molecule has 0 amide bonds. The predicted octanol–water partition coefficient (Wildman–Crippen LogP) is 3.54. The van der Waals surface area contributed by atoms with Gasteiger partial charge in [-0.2, -0.15) is 0 Å². The van der Waals surface area contributed by atoms with E-state index in [1.165, 1.54) is 10.6 Å². The van der Waals surface area contributed by atoms with Gasteiger partial charge < -0.3 is 0 Å². The number of aromatic nitrogens is 1. The minimum atomic E-state index is -0.167. The lowest BCUT2D eigenvalue weighted by Gasteiger charge is -2.40. The van der Waals surface area contributed by atoms with Crippen molar-refractivity contribution in [3.63, 3.8) is 0 Å². The number of hydrogen-bond acceptors (Lipinski definition) is 3. The number of nitrogens with zero attached hydrogens (tertiary/aromatic N) is 2. The minimum Gasteiger partial charge on any atom is -0.290 e. The van der Waals surface area contributed by atoms with Gasteiger partial charge in [0.2, 0.25) is 0 Å². The van der Waals surface area contributed by atoms with Crippen LogP contribution in [0.5, 0.6) is 0 Å². The van der Waals surface area contributed by atoms with Crippen molar-refractivity contribution in [2.75, 3.05) is 6.54 Å². The van der Waals surface area contributed by atoms with E-state index in [-0.39, 0.29) is 5.82 Å². The molecule has 1 fully saturated rings. The molecule has 1 aromatic carbocycles. The monoisotopic (exact) mass is 262 g/mol. The van der Waals surface area contributed by atoms with Gasteiger partial charge in [0.05, 0.1) is 6.54 Å². The predicted molar refractivity (Wildman–Crippen MR) is 71.0 cm³/mol. The molecule has 0 bridgehead atoms. The Balaban J connectivity index is 1.70. The van der Waals surface area contributed by atoms with Crippen LogP contribution in [0.25, 0.3) is 0 Å². The third-order valence-corrected chi connectivity index (χ3v) is 4.34. The molecule has 1 aliphatic rings. The fourth-order valence-corrected chi connectivity index (χ4v) is 3.14. The fraction of sp³-hybridized carbons (Fsp3) is 0.357. The van der Waals surface area contributed by atoms with E-state index >= 15 is 0 Å². The van der Waals surface area contributed by atoms with Crippen LogP contribution in [0.2, 0.25) is 0 Å². The number of aryl methyl sites for hydroxylation is 1. The first-order valence-corrected chi connectivity index (χ1v) is 7.01. The highest BCUT2D eigenvalue weighted by atomic mass is 32.1. The molecule has 0 unspecified atom stereocenters. The van der Waals surface area contributed by atoms with Gasteiger partial charge >= 0.3 is 0 Å². The summed E-state index contributed by atoms with van der Waals surface area (Å²) in [6, 6.07) is 7.28. The van der Waals surface area contributed by atoms with Crippen molar-refractivity contribution >= 4 is 11.3 Å². The molecular weight excluding hydrogens is 247 g/mol. The van der Waals surface area contributed by atoms with Gasteiger partial charge in [0.25, 0.3) is 0 Å². The summed E-state index contributed by atoms with van der Waals surface area (Å²) < 4.78 is 12.9. The zero-order valence-electron chi connectivity index (χ0n) is 10.3. The van der Waals surface area contributed by atoms with Crippen molar-refractivity contribution in [2.24, 2.45) is 0 Å². The standard InChI is InChI=1S/C14H15FN2S/c1-10-9-18-14(16-10)8-17-7-6-13(17)11-2-4-12(15)5-3-11/h2-5,9,13H,6-8H2,1H3/t13-/m1/s1. The van der Waals surface area contributed by atoms with Crippen LogP contribution >= 0.6 is 11.3 Å². The lowest BCUT2D eigenvalue weighted by molar-refractivity contribution is 0.0817. The minimum absolute atomic E-state index is 0.167. The van der Waals surface area contributed by atoms with Gasteiger partial charge in [0.15, 0.2) is 0 Å². The Hall–Kier alpha value is -1.26. The van der Waals surface area contributed by atoms with E-state index in [1.54, 1.807) is 23.5 Å². The molecule has 18 heavy (non-hydrogen) atoms. The van der Waals surface area contributed by atoms with E-state index in [0.29, 0.717) is 6.04 Å². The summed E-state index contributed by atoms with van der Waals surface area (Å²) in [7, 11) is 0. The molecule has 0 spiro atoms. The topological polar surface area (TPSA) is 16.1 Å². The summed E-state index contributed by atoms with van der Waals surface area (Å²) in [5.41, 5.74) is 2.30. The maximum atomic E-state index is 12.9. The van der Waals surface area contributed by atoms with Gasteiger partial charge in [0.1, 0.15) is 10.8 Å². The van der Waals surface area contributed by atoms with E-state index in [0.717, 1.165) is 25.2 Å². The van der Waals surface area contributed by atoms with E-state index in [1.807, 2.05) is 19.1 Å². The number of likely N-dealkylation sites (tertiary alicyclic amines) is 1. The van der Waals surface area contributed by atoms with E-state index in [9.17, 15) is 4.39 Å². The van der Waals surface area contributed by atoms with Gasteiger partial charge in [-0.05, 0) is 31.0 Å². The lowest BCUT2D eigenvalue weighted by atomic mass is 9.95. The molecule has 1 atom stereocenters. The molecular formula is C14H15FN2S. The molecule has 4 heteroatoms. The van der Waals surface area contributed by atoms with Gasteiger partial charge in [0, 0.05) is 23.7 Å². The number of hydrogen-bond donors (Lipinski definition) is 0. The first-order chi connectivity index (χ1) is 8.72. The molecule has 1 aromatic heterocycles. The quantitative estimate of drug-likeness (QED) is 0.841. The highest BCUT2D eigenvalue weighted by Gasteiger charge is 2.29. The second-order valence-electron chi connectivity index (χ2n) is 4.71. The fourth-order valence-electron chi connectivity index (χ4n) is 2.34. The Morgan fingerprint density at radius 2 is 2.17 bits per heavy atom.